The molecular formula is C22H26ClNO3. The Balaban J connectivity index is 1.51. The number of piperidine rings is 1. The van der Waals surface area contributed by atoms with Crippen LogP contribution in [0.4, 0.5) is 0 Å². The number of ether oxygens (including phenoxy) is 1. The molecule has 0 spiro atoms. The van der Waals surface area contributed by atoms with Gasteiger partial charge in [-0.15, -0.1) is 0 Å². The fourth-order valence-electron chi connectivity index (χ4n) is 3.27. The van der Waals surface area contributed by atoms with E-state index in [0.717, 1.165) is 11.3 Å². The standard InChI is InChI=1S/C22H26ClNO3/c1-16-6-7-20(12-17(16)2)27-15-22(26)8-10-24(11-9-22)21(25)14-18-4-3-5-19(23)13-18/h3-7,12-13,26H,8-11,14-15H2,1-2H3. The highest BCUT2D eigenvalue weighted by Crippen LogP contribution is 2.25. The maximum atomic E-state index is 12.5. The zero-order valence-electron chi connectivity index (χ0n) is 15.9. The quantitative estimate of drug-likeness (QED) is 0.845. The van der Waals surface area contributed by atoms with Crippen molar-refractivity contribution in [1.82, 2.24) is 4.90 Å². The van der Waals surface area contributed by atoms with Gasteiger partial charge in [0, 0.05) is 18.1 Å². The number of carbonyl (C=O) groups excluding carboxylic acids is 1. The molecule has 4 nitrogen and oxygen atoms in total. The SMILES string of the molecule is Cc1ccc(OCC2(O)CCN(C(=O)Cc3cccc(Cl)c3)CC2)cc1C. The molecule has 144 valence electrons. The first-order chi connectivity index (χ1) is 12.8. The molecule has 0 unspecified atom stereocenters. The molecule has 5 heteroatoms. The molecule has 27 heavy (non-hydrogen) atoms. The Morgan fingerprint density at radius 3 is 2.56 bits per heavy atom. The van der Waals surface area contributed by atoms with Crippen LogP contribution in [-0.2, 0) is 11.2 Å². The van der Waals surface area contributed by atoms with Crippen LogP contribution in [0.2, 0.25) is 5.02 Å². The Bertz CT molecular complexity index is 813. The first kappa shape index (κ1) is 19.7. The van der Waals surface area contributed by atoms with Crippen molar-refractivity contribution in [2.45, 2.75) is 38.7 Å². The molecule has 1 heterocycles. The number of benzene rings is 2. The highest BCUT2D eigenvalue weighted by Gasteiger charge is 2.34. The Hall–Kier alpha value is -2.04. The molecule has 1 fully saturated rings. The Morgan fingerprint density at radius 1 is 1.15 bits per heavy atom. The molecule has 0 saturated carbocycles. The van der Waals surface area contributed by atoms with Crippen LogP contribution in [0.5, 0.6) is 5.75 Å². The summed E-state index contributed by atoms with van der Waals surface area (Å²) in [5.41, 5.74) is 2.39. The van der Waals surface area contributed by atoms with E-state index in [1.54, 1.807) is 6.07 Å². The summed E-state index contributed by atoms with van der Waals surface area (Å²) >= 11 is 5.98. The molecule has 1 saturated heterocycles. The van der Waals surface area contributed by atoms with E-state index in [2.05, 4.69) is 6.92 Å². The number of aryl methyl sites for hydroxylation is 2. The molecule has 0 aromatic heterocycles. The second kappa shape index (κ2) is 8.32. The molecule has 3 rings (SSSR count). The van der Waals surface area contributed by atoms with E-state index in [-0.39, 0.29) is 12.5 Å². The van der Waals surface area contributed by atoms with Crippen molar-refractivity contribution in [3.8, 4) is 5.75 Å². The fourth-order valence-corrected chi connectivity index (χ4v) is 3.48. The number of nitrogens with zero attached hydrogens (tertiary/aromatic N) is 1. The van der Waals surface area contributed by atoms with Crippen molar-refractivity contribution in [2.75, 3.05) is 19.7 Å². The normalized spacial score (nSPS) is 16.2. The molecule has 2 aromatic rings. The van der Waals surface area contributed by atoms with Crippen LogP contribution in [0.3, 0.4) is 0 Å². The van der Waals surface area contributed by atoms with E-state index in [4.69, 9.17) is 16.3 Å². The van der Waals surface area contributed by atoms with E-state index >= 15 is 0 Å². The lowest BCUT2D eigenvalue weighted by molar-refractivity contribution is -0.135. The van der Waals surface area contributed by atoms with Crippen molar-refractivity contribution >= 4 is 17.5 Å². The van der Waals surface area contributed by atoms with E-state index in [9.17, 15) is 9.90 Å². The van der Waals surface area contributed by atoms with Crippen molar-refractivity contribution < 1.29 is 14.6 Å². The van der Waals surface area contributed by atoms with E-state index < -0.39 is 5.60 Å². The molecule has 1 aliphatic heterocycles. The molecule has 1 amide bonds. The zero-order chi connectivity index (χ0) is 19.4. The lowest BCUT2D eigenvalue weighted by Gasteiger charge is -2.38. The largest absolute Gasteiger partial charge is 0.491 e. The number of aliphatic hydroxyl groups is 1. The van der Waals surface area contributed by atoms with Gasteiger partial charge >= 0.3 is 0 Å². The van der Waals surface area contributed by atoms with Gasteiger partial charge in [0.2, 0.25) is 5.91 Å². The number of rotatable bonds is 5. The Labute approximate surface area is 165 Å². The van der Waals surface area contributed by atoms with E-state index in [1.807, 2.05) is 48.2 Å². The van der Waals surface area contributed by atoms with Crippen LogP contribution in [0.15, 0.2) is 42.5 Å². The zero-order valence-corrected chi connectivity index (χ0v) is 16.6. The summed E-state index contributed by atoms with van der Waals surface area (Å²) in [6.07, 6.45) is 1.36. The predicted molar refractivity (Wildman–Crippen MR) is 107 cm³/mol. The summed E-state index contributed by atoms with van der Waals surface area (Å²) in [6, 6.07) is 13.3. The van der Waals surface area contributed by atoms with Gasteiger partial charge in [0.15, 0.2) is 0 Å². The second-order valence-electron chi connectivity index (χ2n) is 7.45. The monoisotopic (exact) mass is 387 g/mol. The first-order valence-electron chi connectivity index (χ1n) is 9.29. The lowest BCUT2D eigenvalue weighted by Crippen LogP contribution is -2.49. The van der Waals surface area contributed by atoms with Crippen LogP contribution in [0.25, 0.3) is 0 Å². The van der Waals surface area contributed by atoms with Gasteiger partial charge in [0.1, 0.15) is 18.0 Å². The third-order valence-corrected chi connectivity index (χ3v) is 5.51. The van der Waals surface area contributed by atoms with Crippen molar-refractivity contribution in [1.29, 1.82) is 0 Å². The Kier molecular flexibility index (Phi) is 6.08. The molecular weight excluding hydrogens is 362 g/mol. The van der Waals surface area contributed by atoms with Crippen molar-refractivity contribution in [3.63, 3.8) is 0 Å². The van der Waals surface area contributed by atoms with Gasteiger partial charge < -0.3 is 14.7 Å². The van der Waals surface area contributed by atoms with Gasteiger partial charge in [-0.25, -0.2) is 0 Å². The van der Waals surface area contributed by atoms with Crippen molar-refractivity contribution in [3.05, 3.63) is 64.2 Å². The molecule has 1 aliphatic rings. The number of amides is 1. The van der Waals surface area contributed by atoms with Gasteiger partial charge in [-0.05, 0) is 67.6 Å². The lowest BCUT2D eigenvalue weighted by atomic mass is 9.92. The van der Waals surface area contributed by atoms with E-state index in [1.165, 1.54) is 11.1 Å². The maximum Gasteiger partial charge on any atom is 0.226 e. The first-order valence-corrected chi connectivity index (χ1v) is 9.67. The number of hydrogen-bond donors (Lipinski definition) is 1. The van der Waals surface area contributed by atoms with Gasteiger partial charge in [0.05, 0.1) is 6.42 Å². The minimum Gasteiger partial charge on any atom is -0.491 e. The average Bonchev–Trinajstić information content (AvgIpc) is 2.63. The van der Waals surface area contributed by atoms with Crippen LogP contribution in [-0.4, -0.2) is 41.2 Å². The average molecular weight is 388 g/mol. The van der Waals surface area contributed by atoms with Gasteiger partial charge in [-0.2, -0.15) is 0 Å². The van der Waals surface area contributed by atoms with Gasteiger partial charge in [0.25, 0.3) is 0 Å². The minimum atomic E-state index is -0.897. The molecule has 0 radical (unpaired) electrons. The van der Waals surface area contributed by atoms with Crippen LogP contribution >= 0.6 is 11.6 Å². The van der Waals surface area contributed by atoms with Gasteiger partial charge in [-0.1, -0.05) is 29.8 Å². The minimum absolute atomic E-state index is 0.0643. The Morgan fingerprint density at radius 2 is 1.89 bits per heavy atom. The van der Waals surface area contributed by atoms with E-state index in [0.29, 0.717) is 37.4 Å². The van der Waals surface area contributed by atoms with Crippen molar-refractivity contribution in [2.24, 2.45) is 0 Å². The highest BCUT2D eigenvalue weighted by atomic mass is 35.5. The summed E-state index contributed by atoms with van der Waals surface area (Å²) in [4.78, 5) is 14.3. The topological polar surface area (TPSA) is 49.8 Å². The maximum absolute atomic E-state index is 12.5. The third-order valence-electron chi connectivity index (χ3n) is 5.28. The van der Waals surface area contributed by atoms with Crippen LogP contribution in [0, 0.1) is 13.8 Å². The summed E-state index contributed by atoms with van der Waals surface area (Å²) in [5.74, 6) is 0.834. The number of likely N-dealkylation sites (tertiary alicyclic amines) is 1. The predicted octanol–water partition coefficient (Wildman–Crippen LogP) is 3.93. The summed E-state index contributed by atoms with van der Waals surface area (Å²) in [5, 5.41) is 11.4. The molecule has 0 atom stereocenters. The fraction of sp³-hybridized carbons (Fsp3) is 0.409. The number of halogens is 1. The summed E-state index contributed by atoms with van der Waals surface area (Å²) in [6.45, 7) is 5.41. The molecule has 1 N–H and O–H groups in total. The summed E-state index contributed by atoms with van der Waals surface area (Å²) in [7, 11) is 0. The number of carbonyl (C=O) groups is 1. The van der Waals surface area contributed by atoms with Gasteiger partial charge in [-0.3, -0.25) is 4.79 Å². The smallest absolute Gasteiger partial charge is 0.226 e. The molecule has 0 aliphatic carbocycles. The molecule has 0 bridgehead atoms. The summed E-state index contributed by atoms with van der Waals surface area (Å²) < 4.78 is 5.82. The van der Waals surface area contributed by atoms with Crippen LogP contribution in [0.1, 0.15) is 29.5 Å². The second-order valence-corrected chi connectivity index (χ2v) is 7.88. The van der Waals surface area contributed by atoms with Crippen LogP contribution < -0.4 is 4.74 Å². The third kappa shape index (κ3) is 5.24. The number of hydrogen-bond acceptors (Lipinski definition) is 3. The molecule has 2 aromatic carbocycles. The highest BCUT2D eigenvalue weighted by molar-refractivity contribution is 6.30.